The van der Waals surface area contributed by atoms with Crippen LogP contribution in [0, 0.1) is 0 Å². The van der Waals surface area contributed by atoms with Gasteiger partial charge in [0.15, 0.2) is 0 Å². The fraction of sp³-hybridized carbons (Fsp3) is 0.0545. The molecule has 1 aliphatic heterocycles. The number of aromatic nitrogens is 1. The highest BCUT2D eigenvalue weighted by Gasteiger charge is 2.35. The second-order valence-corrected chi connectivity index (χ2v) is 16.4. The summed E-state index contributed by atoms with van der Waals surface area (Å²) in [4.78, 5) is 4.82. The number of fused-ring (bicyclic) bond motifs is 7. The number of nitrogens with zero attached hydrogens (tertiary/aromatic N) is 3. The standard InChI is InChI=1S/C55H41N3S/c1-3-14-50-44(4-2)45-17-8-11-20-51(45)57(50)42-31-27-40(28-32-42)56(39-25-23-38(24-26-39)37-15-6-5-7-16-37)41-29-33-43(34-30-41)58-52-21-12-9-18-46(52)48-36-55-49(35-53(48)58)47-19-10-13-22-54(47)59-55/h3-36,44,50H,2H2,1H3/b14-3-. The van der Waals surface area contributed by atoms with Gasteiger partial charge in [-0.05, 0) is 115 Å². The van der Waals surface area contributed by atoms with Gasteiger partial charge in [-0.15, -0.1) is 17.9 Å². The Balaban J connectivity index is 1.02. The Bertz CT molecular complexity index is 3190. The van der Waals surface area contributed by atoms with E-state index in [0.717, 1.165) is 28.4 Å². The molecule has 4 heteroatoms. The molecular formula is C55H41N3S. The normalized spacial score (nSPS) is 15.2. The maximum atomic E-state index is 4.24. The minimum Gasteiger partial charge on any atom is -0.333 e. The molecule has 0 spiro atoms. The number of para-hydroxylation sites is 2. The van der Waals surface area contributed by atoms with Crippen molar-refractivity contribution in [1.82, 2.24) is 4.57 Å². The molecule has 3 nitrogen and oxygen atoms in total. The molecule has 0 saturated carbocycles. The predicted molar refractivity (Wildman–Crippen MR) is 254 cm³/mol. The number of hydrogen-bond donors (Lipinski definition) is 0. The summed E-state index contributed by atoms with van der Waals surface area (Å²) in [7, 11) is 0. The van der Waals surface area contributed by atoms with Crippen LogP contribution in [0.15, 0.2) is 213 Å². The quantitative estimate of drug-likeness (QED) is 0.142. The molecule has 0 amide bonds. The van der Waals surface area contributed by atoms with Crippen LogP contribution < -0.4 is 9.80 Å². The van der Waals surface area contributed by atoms with Gasteiger partial charge in [0.25, 0.3) is 0 Å². The molecule has 282 valence electrons. The zero-order valence-corrected chi connectivity index (χ0v) is 33.6. The van der Waals surface area contributed by atoms with Gasteiger partial charge >= 0.3 is 0 Å². The van der Waals surface area contributed by atoms with Crippen molar-refractivity contribution in [2.24, 2.45) is 0 Å². The zero-order chi connectivity index (χ0) is 39.5. The summed E-state index contributed by atoms with van der Waals surface area (Å²) >= 11 is 1.87. The van der Waals surface area contributed by atoms with Crippen LogP contribution in [0.25, 0.3) is 58.8 Å². The summed E-state index contributed by atoms with van der Waals surface area (Å²) in [5, 5.41) is 5.17. The lowest BCUT2D eigenvalue weighted by atomic mass is 9.95. The third-order valence-electron chi connectivity index (χ3n) is 12.0. The maximum Gasteiger partial charge on any atom is 0.0626 e. The highest BCUT2D eigenvalue weighted by Crippen LogP contribution is 2.47. The third kappa shape index (κ3) is 5.79. The van der Waals surface area contributed by atoms with Crippen molar-refractivity contribution in [2.75, 3.05) is 9.80 Å². The Labute approximate surface area is 348 Å². The van der Waals surface area contributed by atoms with E-state index < -0.39 is 0 Å². The number of allylic oxidation sites excluding steroid dienone is 1. The van der Waals surface area contributed by atoms with Gasteiger partial charge in [-0.3, -0.25) is 0 Å². The first-order valence-electron chi connectivity index (χ1n) is 20.3. The SMILES string of the molecule is C=CC1c2ccccc2N(c2ccc(N(c3ccc(-c4ccccc4)cc3)c3ccc(-n4c5ccccc5c5cc6sc7ccccc7c6cc54)cc3)cc2)C1/C=C\C. The zero-order valence-electron chi connectivity index (χ0n) is 32.7. The van der Waals surface area contributed by atoms with E-state index in [-0.39, 0.29) is 12.0 Å². The number of rotatable bonds is 8. The Hall–Kier alpha value is -7.14. The second kappa shape index (κ2) is 14.4. The molecule has 1 aliphatic rings. The van der Waals surface area contributed by atoms with Gasteiger partial charge in [0.1, 0.15) is 0 Å². The summed E-state index contributed by atoms with van der Waals surface area (Å²) < 4.78 is 5.08. The Morgan fingerprint density at radius 2 is 1.14 bits per heavy atom. The van der Waals surface area contributed by atoms with Crippen molar-refractivity contribution in [3.05, 3.63) is 218 Å². The lowest BCUT2D eigenvalue weighted by Crippen LogP contribution is -2.27. The molecule has 0 bridgehead atoms. The van der Waals surface area contributed by atoms with E-state index in [1.807, 2.05) is 11.3 Å². The van der Waals surface area contributed by atoms with Crippen LogP contribution in [0.4, 0.5) is 28.4 Å². The summed E-state index contributed by atoms with van der Waals surface area (Å²) in [5.74, 6) is 0.213. The van der Waals surface area contributed by atoms with Gasteiger partial charge in [-0.1, -0.05) is 115 Å². The lowest BCUT2D eigenvalue weighted by Gasteiger charge is -2.29. The van der Waals surface area contributed by atoms with Crippen molar-refractivity contribution in [3.63, 3.8) is 0 Å². The molecule has 3 heterocycles. The lowest BCUT2D eigenvalue weighted by molar-refractivity contribution is 0.752. The van der Waals surface area contributed by atoms with Gasteiger partial charge in [0.2, 0.25) is 0 Å². The van der Waals surface area contributed by atoms with E-state index in [0.29, 0.717) is 0 Å². The van der Waals surface area contributed by atoms with Crippen LogP contribution in [0.2, 0.25) is 0 Å². The minimum absolute atomic E-state index is 0.158. The van der Waals surface area contributed by atoms with Gasteiger partial charge in [-0.2, -0.15) is 0 Å². The summed E-state index contributed by atoms with van der Waals surface area (Å²) in [6, 6.07) is 68.9. The van der Waals surface area contributed by atoms with E-state index in [2.05, 4.69) is 234 Å². The van der Waals surface area contributed by atoms with Crippen LogP contribution in [-0.4, -0.2) is 10.6 Å². The van der Waals surface area contributed by atoms with Crippen molar-refractivity contribution in [3.8, 4) is 16.8 Å². The van der Waals surface area contributed by atoms with Gasteiger partial charge in [0.05, 0.1) is 17.1 Å². The van der Waals surface area contributed by atoms with Gasteiger partial charge in [-0.25, -0.2) is 0 Å². The Morgan fingerprint density at radius 3 is 1.86 bits per heavy atom. The highest BCUT2D eigenvalue weighted by molar-refractivity contribution is 7.25. The molecule has 0 saturated heterocycles. The summed E-state index contributed by atoms with van der Waals surface area (Å²) in [5.41, 5.74) is 12.9. The fourth-order valence-electron chi connectivity index (χ4n) is 9.33. The first-order chi connectivity index (χ1) is 29.2. The van der Waals surface area contributed by atoms with E-state index in [1.54, 1.807) is 0 Å². The van der Waals surface area contributed by atoms with Crippen LogP contribution in [0.1, 0.15) is 18.4 Å². The molecule has 0 N–H and O–H groups in total. The maximum absolute atomic E-state index is 4.24. The van der Waals surface area contributed by atoms with E-state index in [9.17, 15) is 0 Å². The van der Waals surface area contributed by atoms with Crippen molar-refractivity contribution < 1.29 is 0 Å². The molecule has 0 radical (unpaired) electrons. The smallest absolute Gasteiger partial charge is 0.0626 e. The summed E-state index contributed by atoms with van der Waals surface area (Å²) in [6.45, 7) is 6.34. The average Bonchev–Trinajstić information content (AvgIpc) is 3.93. The monoisotopic (exact) mass is 775 g/mol. The molecule has 2 aromatic heterocycles. The van der Waals surface area contributed by atoms with Gasteiger partial charge < -0.3 is 14.4 Å². The molecule has 2 unspecified atom stereocenters. The third-order valence-corrected chi connectivity index (χ3v) is 13.2. The van der Waals surface area contributed by atoms with Crippen molar-refractivity contribution in [2.45, 2.75) is 18.9 Å². The first kappa shape index (κ1) is 35.1. The second-order valence-electron chi connectivity index (χ2n) is 15.3. The number of thiophene rings is 1. The molecular weight excluding hydrogens is 735 g/mol. The van der Waals surface area contributed by atoms with Crippen LogP contribution >= 0.6 is 11.3 Å². The molecule has 10 aromatic rings. The van der Waals surface area contributed by atoms with Crippen LogP contribution in [0.5, 0.6) is 0 Å². The number of hydrogen-bond acceptors (Lipinski definition) is 3. The number of anilines is 5. The molecule has 11 rings (SSSR count). The fourth-order valence-corrected chi connectivity index (χ4v) is 10.5. The highest BCUT2D eigenvalue weighted by atomic mass is 32.1. The number of benzene rings is 8. The van der Waals surface area contributed by atoms with E-state index >= 15 is 0 Å². The molecule has 8 aromatic carbocycles. The Kier molecular flexibility index (Phi) is 8.53. The molecule has 0 aliphatic carbocycles. The average molecular weight is 776 g/mol. The Morgan fingerprint density at radius 1 is 0.525 bits per heavy atom. The first-order valence-corrected chi connectivity index (χ1v) is 21.1. The minimum atomic E-state index is 0.158. The predicted octanol–water partition coefficient (Wildman–Crippen LogP) is 15.7. The van der Waals surface area contributed by atoms with Crippen molar-refractivity contribution >= 4 is 81.8 Å². The topological polar surface area (TPSA) is 11.4 Å². The van der Waals surface area contributed by atoms with E-state index in [4.69, 9.17) is 0 Å². The molecule has 0 fully saturated rings. The van der Waals surface area contributed by atoms with Crippen LogP contribution in [-0.2, 0) is 0 Å². The molecule has 59 heavy (non-hydrogen) atoms. The van der Waals surface area contributed by atoms with Gasteiger partial charge in [0, 0.05) is 71.0 Å². The molecule has 2 atom stereocenters. The van der Waals surface area contributed by atoms with E-state index in [1.165, 1.54) is 64.4 Å². The van der Waals surface area contributed by atoms with Crippen molar-refractivity contribution in [1.29, 1.82) is 0 Å². The summed E-state index contributed by atoms with van der Waals surface area (Å²) in [6.07, 6.45) is 6.54. The largest absolute Gasteiger partial charge is 0.333 e. The van der Waals surface area contributed by atoms with Crippen LogP contribution in [0.3, 0.4) is 0 Å².